The quantitative estimate of drug-likeness (QED) is 0.194. The summed E-state index contributed by atoms with van der Waals surface area (Å²) in [5.74, 6) is 0.679. The molecule has 4 aromatic carbocycles. The fourth-order valence-electron chi connectivity index (χ4n) is 4.09. The zero-order chi connectivity index (χ0) is 32.3. The van der Waals surface area contributed by atoms with Gasteiger partial charge < -0.3 is 15.2 Å². The SMILES string of the molecule is C.CC(C)(N)c1ccccc1.COc1ccccc1S(=O)(=O)CC(C)(C)c1ccccc1.COc1ccccc1S(=O)(=O)Cl. The zero-order valence-corrected chi connectivity index (χ0v) is 27.7. The Morgan fingerprint density at radius 3 is 1.34 bits per heavy atom. The zero-order valence-electron chi connectivity index (χ0n) is 25.3. The Balaban J connectivity index is 0.000000358. The van der Waals surface area contributed by atoms with Gasteiger partial charge in [-0.1, -0.05) is 106 Å². The predicted octanol–water partition coefficient (Wildman–Crippen LogP) is 7.59. The lowest BCUT2D eigenvalue weighted by Gasteiger charge is -2.25. The number of hydrogen-bond donors (Lipinski definition) is 1. The number of nitrogens with two attached hydrogens (primary N) is 1. The molecule has 0 spiro atoms. The molecule has 0 saturated carbocycles. The fraction of sp³-hybridized carbons (Fsp3) is 0.294. The van der Waals surface area contributed by atoms with Crippen molar-refractivity contribution in [1.82, 2.24) is 0 Å². The summed E-state index contributed by atoms with van der Waals surface area (Å²) in [7, 11) is 0.875. The Kier molecular flexibility index (Phi) is 14.6. The highest BCUT2D eigenvalue weighted by atomic mass is 35.7. The van der Waals surface area contributed by atoms with E-state index in [9.17, 15) is 16.8 Å². The van der Waals surface area contributed by atoms with Crippen LogP contribution < -0.4 is 15.2 Å². The minimum atomic E-state index is -3.70. The first-order chi connectivity index (χ1) is 20.0. The molecule has 0 aliphatic rings. The van der Waals surface area contributed by atoms with Crippen LogP contribution in [0.4, 0.5) is 0 Å². The molecule has 7 nitrogen and oxygen atoms in total. The molecule has 0 bridgehead atoms. The van der Waals surface area contributed by atoms with Gasteiger partial charge in [-0.25, -0.2) is 16.8 Å². The average molecular weight is 662 g/mol. The Bertz CT molecular complexity index is 1650. The molecule has 10 heteroatoms. The first kappa shape index (κ1) is 38.7. The van der Waals surface area contributed by atoms with Gasteiger partial charge in [0.05, 0.1) is 20.0 Å². The molecule has 4 aromatic rings. The summed E-state index contributed by atoms with van der Waals surface area (Å²) in [5.41, 5.74) is 7.36. The predicted molar refractivity (Wildman–Crippen MR) is 181 cm³/mol. The number of ether oxygens (including phenoxy) is 2. The van der Waals surface area contributed by atoms with Gasteiger partial charge in [-0.2, -0.15) is 0 Å². The van der Waals surface area contributed by atoms with Crippen molar-refractivity contribution < 1.29 is 26.3 Å². The topological polar surface area (TPSA) is 113 Å². The fourth-order valence-corrected chi connectivity index (χ4v) is 7.12. The van der Waals surface area contributed by atoms with Crippen molar-refractivity contribution in [3.63, 3.8) is 0 Å². The van der Waals surface area contributed by atoms with Gasteiger partial charge in [0.1, 0.15) is 21.3 Å². The van der Waals surface area contributed by atoms with Crippen LogP contribution in [0.2, 0.25) is 0 Å². The van der Waals surface area contributed by atoms with Crippen molar-refractivity contribution in [3.8, 4) is 11.5 Å². The number of para-hydroxylation sites is 2. The van der Waals surface area contributed by atoms with E-state index >= 15 is 0 Å². The lowest BCUT2D eigenvalue weighted by molar-refractivity contribution is 0.402. The third kappa shape index (κ3) is 11.6. The standard InChI is InChI=1S/C17H20O3S.C9H13N.C7H7ClO3S.CH4/c1-17(2,14-9-5-4-6-10-14)13-21(18,19)16-12-8-7-11-15(16)20-3;1-9(2,10)8-6-4-3-5-7-8;1-11-6-4-2-3-5-7(6)12(8,9)10;/h4-12H,13H2,1-3H3;3-7H,10H2,1-2H3;2-5H,1H3;1H4. The molecule has 0 aliphatic carbocycles. The van der Waals surface area contributed by atoms with Crippen LogP contribution in [0.1, 0.15) is 46.2 Å². The Morgan fingerprint density at radius 2 is 0.977 bits per heavy atom. The molecule has 0 heterocycles. The van der Waals surface area contributed by atoms with E-state index in [1.54, 1.807) is 36.4 Å². The number of hydrogen-bond acceptors (Lipinski definition) is 7. The summed E-state index contributed by atoms with van der Waals surface area (Å²) in [6.45, 7) is 7.88. The summed E-state index contributed by atoms with van der Waals surface area (Å²) in [6.07, 6.45) is 0. The van der Waals surface area contributed by atoms with Gasteiger partial charge in [0.15, 0.2) is 9.84 Å². The van der Waals surface area contributed by atoms with Crippen molar-refractivity contribution in [2.24, 2.45) is 5.73 Å². The van der Waals surface area contributed by atoms with Gasteiger partial charge in [-0.05, 0) is 49.2 Å². The van der Waals surface area contributed by atoms with Gasteiger partial charge in [0.25, 0.3) is 9.05 Å². The number of benzene rings is 4. The molecule has 0 radical (unpaired) electrons. The van der Waals surface area contributed by atoms with Crippen LogP contribution in [-0.2, 0) is 29.8 Å². The monoisotopic (exact) mass is 661 g/mol. The molecule has 0 aliphatic heterocycles. The van der Waals surface area contributed by atoms with Crippen LogP contribution in [0.15, 0.2) is 119 Å². The second-order valence-electron chi connectivity index (χ2n) is 10.8. The molecular formula is C34H44ClNO6S2. The lowest BCUT2D eigenvalue weighted by atomic mass is 9.87. The summed E-state index contributed by atoms with van der Waals surface area (Å²) >= 11 is 0. The van der Waals surface area contributed by atoms with Crippen LogP contribution in [-0.4, -0.2) is 36.8 Å². The highest BCUT2D eigenvalue weighted by Gasteiger charge is 2.30. The van der Waals surface area contributed by atoms with E-state index < -0.39 is 24.3 Å². The van der Waals surface area contributed by atoms with E-state index in [4.69, 9.17) is 25.9 Å². The van der Waals surface area contributed by atoms with E-state index in [0.29, 0.717) is 5.75 Å². The number of halogens is 1. The molecule has 4 rings (SSSR count). The first-order valence-corrected chi connectivity index (χ1v) is 17.3. The van der Waals surface area contributed by atoms with Gasteiger partial charge in [-0.3, -0.25) is 0 Å². The smallest absolute Gasteiger partial charge is 0.264 e. The second kappa shape index (κ2) is 16.6. The van der Waals surface area contributed by atoms with Crippen LogP contribution in [0.3, 0.4) is 0 Å². The summed E-state index contributed by atoms with van der Waals surface area (Å²) < 4.78 is 57.2. The van der Waals surface area contributed by atoms with Gasteiger partial charge in [0, 0.05) is 21.6 Å². The molecule has 0 aromatic heterocycles. The minimum absolute atomic E-state index is 0. The lowest BCUT2D eigenvalue weighted by Crippen LogP contribution is -2.28. The minimum Gasteiger partial charge on any atom is -0.495 e. The molecule has 0 fully saturated rings. The van der Waals surface area contributed by atoms with Crippen LogP contribution >= 0.6 is 10.7 Å². The summed E-state index contributed by atoms with van der Waals surface area (Å²) in [4.78, 5) is 0.241. The number of methoxy groups -OCH3 is 2. The number of sulfone groups is 1. The third-order valence-corrected chi connectivity index (χ3v) is 9.83. The van der Waals surface area contributed by atoms with Crippen molar-refractivity contribution in [2.75, 3.05) is 20.0 Å². The van der Waals surface area contributed by atoms with E-state index in [1.807, 2.05) is 88.4 Å². The van der Waals surface area contributed by atoms with Crippen molar-refractivity contribution in [2.45, 2.75) is 55.9 Å². The maximum atomic E-state index is 12.7. The Labute approximate surface area is 268 Å². The highest BCUT2D eigenvalue weighted by Crippen LogP contribution is 2.31. The molecular weight excluding hydrogens is 618 g/mol. The Hall–Kier alpha value is -3.37. The molecule has 0 atom stereocenters. The largest absolute Gasteiger partial charge is 0.495 e. The van der Waals surface area contributed by atoms with Crippen molar-refractivity contribution >= 4 is 29.6 Å². The van der Waals surface area contributed by atoms with Crippen molar-refractivity contribution in [3.05, 3.63) is 120 Å². The molecule has 0 unspecified atom stereocenters. The van der Waals surface area contributed by atoms with Crippen LogP contribution in [0.25, 0.3) is 0 Å². The normalized spacial score (nSPS) is 11.5. The first-order valence-electron chi connectivity index (χ1n) is 13.4. The number of rotatable bonds is 8. The maximum absolute atomic E-state index is 12.7. The van der Waals surface area contributed by atoms with E-state index in [-0.39, 0.29) is 34.3 Å². The van der Waals surface area contributed by atoms with E-state index in [2.05, 4.69) is 0 Å². The van der Waals surface area contributed by atoms with Crippen LogP contribution in [0, 0.1) is 0 Å². The summed E-state index contributed by atoms with van der Waals surface area (Å²) in [6, 6.07) is 32.7. The summed E-state index contributed by atoms with van der Waals surface area (Å²) in [5, 5.41) is 0. The van der Waals surface area contributed by atoms with Crippen molar-refractivity contribution in [1.29, 1.82) is 0 Å². The molecule has 44 heavy (non-hydrogen) atoms. The highest BCUT2D eigenvalue weighted by molar-refractivity contribution is 8.13. The van der Waals surface area contributed by atoms with Gasteiger partial charge >= 0.3 is 0 Å². The maximum Gasteiger partial charge on any atom is 0.264 e. The van der Waals surface area contributed by atoms with E-state index in [1.165, 1.54) is 31.9 Å². The molecule has 0 amide bonds. The Morgan fingerprint density at radius 1 is 0.614 bits per heavy atom. The van der Waals surface area contributed by atoms with Gasteiger partial charge in [0.2, 0.25) is 0 Å². The molecule has 0 saturated heterocycles. The third-order valence-electron chi connectivity index (χ3n) is 6.36. The van der Waals surface area contributed by atoms with Gasteiger partial charge in [-0.15, -0.1) is 0 Å². The second-order valence-corrected chi connectivity index (χ2v) is 15.3. The molecule has 2 N–H and O–H groups in total. The average Bonchev–Trinajstić information content (AvgIpc) is 2.97. The molecule has 240 valence electrons. The van der Waals surface area contributed by atoms with Crippen LogP contribution in [0.5, 0.6) is 11.5 Å². The van der Waals surface area contributed by atoms with E-state index in [0.717, 1.165) is 5.56 Å².